The highest BCUT2D eigenvalue weighted by molar-refractivity contribution is 6.00. The molecule has 2 aromatic carbocycles. The van der Waals surface area contributed by atoms with Crippen molar-refractivity contribution in [1.82, 2.24) is 0 Å². The van der Waals surface area contributed by atoms with Crippen LogP contribution in [0.15, 0.2) is 53.7 Å². The van der Waals surface area contributed by atoms with Gasteiger partial charge in [0.1, 0.15) is 44.2 Å². The second-order valence-corrected chi connectivity index (χ2v) is 6.56. The molecule has 0 aliphatic heterocycles. The Balaban J connectivity index is 1.86. The van der Waals surface area contributed by atoms with Crippen LogP contribution >= 0.6 is 0 Å². The Bertz CT molecular complexity index is 802. The first-order valence-electron chi connectivity index (χ1n) is 9.90. The fourth-order valence-electron chi connectivity index (χ4n) is 2.94. The zero-order valence-corrected chi connectivity index (χ0v) is 18.0. The van der Waals surface area contributed by atoms with Gasteiger partial charge in [-0.25, -0.2) is 0 Å². The lowest BCUT2D eigenvalue weighted by molar-refractivity contribution is 0.213. The predicted molar refractivity (Wildman–Crippen MR) is 117 cm³/mol. The first-order valence-corrected chi connectivity index (χ1v) is 9.90. The molecule has 156 valence electrons. The largest absolute Gasteiger partial charge is 0.490 e. The van der Waals surface area contributed by atoms with E-state index in [0.29, 0.717) is 19.8 Å². The molecule has 0 fully saturated rings. The number of ether oxygens (including phenoxy) is 3. The quantitative estimate of drug-likeness (QED) is 0.218. The summed E-state index contributed by atoms with van der Waals surface area (Å²) in [6, 6.07) is 11.8. The molecule has 5 nitrogen and oxygen atoms in total. The molecule has 0 atom stereocenters. The Morgan fingerprint density at radius 1 is 0.931 bits per heavy atom. The van der Waals surface area contributed by atoms with Gasteiger partial charge >= 0.3 is 0 Å². The van der Waals surface area contributed by atoms with Crippen molar-refractivity contribution in [2.45, 2.75) is 34.1 Å². The molecule has 5 heteroatoms. The van der Waals surface area contributed by atoms with Crippen molar-refractivity contribution in [1.29, 1.82) is 0 Å². The number of aryl methyl sites for hydroxylation is 2. The van der Waals surface area contributed by atoms with Crippen molar-refractivity contribution in [2.24, 2.45) is 5.16 Å². The number of hydrogen-bond acceptors (Lipinski definition) is 5. The molecule has 0 spiro atoms. The summed E-state index contributed by atoms with van der Waals surface area (Å²) < 4.78 is 17.5. The molecule has 0 amide bonds. The highest BCUT2D eigenvalue weighted by atomic mass is 16.6. The Hall–Kier alpha value is -2.95. The average Bonchev–Trinajstić information content (AvgIpc) is 2.71. The molecule has 0 N–H and O–H groups in total. The van der Waals surface area contributed by atoms with Crippen LogP contribution in [0.1, 0.15) is 37.0 Å². The minimum Gasteiger partial charge on any atom is -0.490 e. The predicted octanol–water partition coefficient (Wildman–Crippen LogP) is 5.48. The Morgan fingerprint density at radius 3 is 2.17 bits per heavy atom. The Morgan fingerprint density at radius 2 is 1.59 bits per heavy atom. The standard InChI is InChI=1S/C24H31NO4/c1-6-8-13-27-22-16-18(3)24(19(4)17-22)29-15-14-28-21-11-9-20(10-12-21)23(7-2)25-26-5/h6,8-12,16-17H,7,13-15H2,1-5H3/b8-6+,25-23+. The van der Waals surface area contributed by atoms with Crippen LogP contribution in [0.25, 0.3) is 0 Å². The molecule has 0 heterocycles. The second-order valence-electron chi connectivity index (χ2n) is 6.56. The van der Waals surface area contributed by atoms with Crippen LogP contribution in [0.2, 0.25) is 0 Å². The van der Waals surface area contributed by atoms with Gasteiger partial charge in [-0.15, -0.1) is 0 Å². The van der Waals surface area contributed by atoms with E-state index in [-0.39, 0.29) is 0 Å². The number of nitrogens with zero attached hydrogens (tertiary/aromatic N) is 1. The highest BCUT2D eigenvalue weighted by Crippen LogP contribution is 2.28. The topological polar surface area (TPSA) is 49.3 Å². The van der Waals surface area contributed by atoms with Gasteiger partial charge in [-0.3, -0.25) is 0 Å². The van der Waals surface area contributed by atoms with Gasteiger partial charge in [0.05, 0.1) is 5.71 Å². The number of benzene rings is 2. The number of hydrogen-bond donors (Lipinski definition) is 0. The summed E-state index contributed by atoms with van der Waals surface area (Å²) in [4.78, 5) is 4.88. The molecule has 29 heavy (non-hydrogen) atoms. The van der Waals surface area contributed by atoms with Gasteiger partial charge in [0.2, 0.25) is 0 Å². The van der Waals surface area contributed by atoms with E-state index < -0.39 is 0 Å². The molecule has 0 radical (unpaired) electrons. The fraction of sp³-hybridized carbons (Fsp3) is 0.375. The summed E-state index contributed by atoms with van der Waals surface area (Å²) in [6.45, 7) is 9.57. The third-order valence-corrected chi connectivity index (χ3v) is 4.34. The summed E-state index contributed by atoms with van der Waals surface area (Å²) in [6.07, 6.45) is 4.76. The van der Waals surface area contributed by atoms with Gasteiger partial charge < -0.3 is 19.0 Å². The van der Waals surface area contributed by atoms with Crippen molar-refractivity contribution in [3.05, 3.63) is 65.2 Å². The maximum Gasteiger partial charge on any atom is 0.125 e. The van der Waals surface area contributed by atoms with Gasteiger partial charge in [-0.2, -0.15) is 0 Å². The minimum absolute atomic E-state index is 0.463. The zero-order chi connectivity index (χ0) is 21.1. The molecular weight excluding hydrogens is 366 g/mol. The number of oxime groups is 1. The lowest BCUT2D eigenvalue weighted by Gasteiger charge is -2.15. The first kappa shape index (κ1) is 22.3. The first-order chi connectivity index (χ1) is 14.1. The van der Waals surface area contributed by atoms with Crippen LogP contribution in [0.5, 0.6) is 17.2 Å². The van der Waals surface area contributed by atoms with Gasteiger partial charge in [0.25, 0.3) is 0 Å². The minimum atomic E-state index is 0.463. The molecule has 0 aromatic heterocycles. The molecule has 0 bridgehead atoms. The van der Waals surface area contributed by atoms with Crippen molar-refractivity contribution >= 4 is 5.71 Å². The van der Waals surface area contributed by atoms with E-state index in [1.165, 1.54) is 0 Å². The maximum absolute atomic E-state index is 5.95. The third kappa shape index (κ3) is 6.86. The van der Waals surface area contributed by atoms with Crippen molar-refractivity contribution in [3.8, 4) is 17.2 Å². The van der Waals surface area contributed by atoms with Gasteiger partial charge in [0, 0.05) is 0 Å². The van der Waals surface area contributed by atoms with E-state index in [1.807, 2.05) is 76.2 Å². The van der Waals surface area contributed by atoms with E-state index in [4.69, 9.17) is 19.0 Å². The fourth-order valence-corrected chi connectivity index (χ4v) is 2.94. The smallest absolute Gasteiger partial charge is 0.125 e. The molecular formula is C24H31NO4. The van der Waals surface area contributed by atoms with Crippen molar-refractivity contribution < 1.29 is 19.0 Å². The van der Waals surface area contributed by atoms with Crippen LogP contribution in [-0.4, -0.2) is 32.6 Å². The van der Waals surface area contributed by atoms with Gasteiger partial charge in [-0.1, -0.05) is 24.2 Å². The summed E-state index contributed by atoms with van der Waals surface area (Å²) in [7, 11) is 1.56. The molecule has 0 saturated carbocycles. The van der Waals surface area contributed by atoms with Crippen LogP contribution in [0.3, 0.4) is 0 Å². The van der Waals surface area contributed by atoms with Crippen LogP contribution < -0.4 is 14.2 Å². The zero-order valence-electron chi connectivity index (χ0n) is 18.0. The van der Waals surface area contributed by atoms with E-state index in [1.54, 1.807) is 7.11 Å². The summed E-state index contributed by atoms with van der Waals surface area (Å²) in [5, 5.41) is 4.04. The van der Waals surface area contributed by atoms with Crippen LogP contribution in [0, 0.1) is 13.8 Å². The average molecular weight is 398 g/mol. The molecule has 2 aromatic rings. The third-order valence-electron chi connectivity index (χ3n) is 4.34. The lowest BCUT2D eigenvalue weighted by Crippen LogP contribution is -2.10. The SMILES string of the molecule is C/C=C/COc1cc(C)c(OCCOc2ccc(/C(CC)=N/OC)cc2)c(C)c1. The second kappa shape index (κ2) is 11.8. The van der Waals surface area contributed by atoms with Crippen LogP contribution in [-0.2, 0) is 4.84 Å². The normalized spacial score (nSPS) is 11.6. The number of rotatable bonds is 11. The molecule has 0 saturated heterocycles. The van der Waals surface area contributed by atoms with E-state index in [9.17, 15) is 0 Å². The molecule has 2 rings (SSSR count). The highest BCUT2D eigenvalue weighted by Gasteiger charge is 2.08. The van der Waals surface area contributed by atoms with E-state index >= 15 is 0 Å². The summed E-state index contributed by atoms with van der Waals surface area (Å²) in [5.41, 5.74) is 4.04. The van der Waals surface area contributed by atoms with E-state index in [2.05, 4.69) is 5.16 Å². The Labute approximate surface area is 173 Å². The molecule has 0 unspecified atom stereocenters. The lowest BCUT2D eigenvalue weighted by atomic mass is 10.1. The van der Waals surface area contributed by atoms with E-state index in [0.717, 1.165) is 46.1 Å². The van der Waals surface area contributed by atoms with Gasteiger partial charge in [-0.05, 0) is 80.3 Å². The van der Waals surface area contributed by atoms with Gasteiger partial charge in [0.15, 0.2) is 0 Å². The van der Waals surface area contributed by atoms with Crippen molar-refractivity contribution in [2.75, 3.05) is 26.9 Å². The van der Waals surface area contributed by atoms with Crippen LogP contribution in [0.4, 0.5) is 0 Å². The molecule has 0 aliphatic rings. The monoisotopic (exact) mass is 397 g/mol. The van der Waals surface area contributed by atoms with Crippen molar-refractivity contribution in [3.63, 3.8) is 0 Å². The number of allylic oxidation sites excluding steroid dienone is 1. The molecule has 0 aliphatic carbocycles. The maximum atomic E-state index is 5.95. The summed E-state index contributed by atoms with van der Waals surface area (Å²) >= 11 is 0. The summed E-state index contributed by atoms with van der Waals surface area (Å²) in [5.74, 6) is 2.53. The Kier molecular flexibility index (Phi) is 9.09.